The van der Waals surface area contributed by atoms with Crippen LogP contribution in [-0.4, -0.2) is 59.0 Å². The number of ether oxygens (including phenoxy) is 2. The number of aliphatic imine (C=N–C) groups is 1. The number of methoxy groups -OCH3 is 1. The second-order valence-corrected chi connectivity index (χ2v) is 9.19. The third-order valence-electron chi connectivity index (χ3n) is 5.01. The van der Waals surface area contributed by atoms with Crippen LogP contribution in [0.4, 0.5) is 4.79 Å². The van der Waals surface area contributed by atoms with Crippen molar-refractivity contribution in [3.8, 4) is 0 Å². The number of rotatable bonds is 3. The van der Waals surface area contributed by atoms with E-state index in [1.807, 2.05) is 37.2 Å². The monoisotopic (exact) mass is 417 g/mol. The molecule has 29 heavy (non-hydrogen) atoms. The summed E-state index contributed by atoms with van der Waals surface area (Å²) in [6, 6.07) is 0. The number of allylic oxidation sites excluding steroid dienone is 1. The predicted octanol–water partition coefficient (Wildman–Crippen LogP) is 3.22. The number of carbonyl (C=O) groups excluding carboxylic acids is 1. The standard InChI is InChI=1S/C20H27N5O3S/c1-20(2,3)28-19(26)24-8-5-6-13(12-24)15-10-16(27-4)25-17(23-15)14(11-22-25)18-21-7-9-29-18/h7,9-10,13,22H,5-6,8,11-12H2,1-4H3. The maximum absolute atomic E-state index is 12.5. The molecule has 0 radical (unpaired) electrons. The van der Waals surface area contributed by atoms with Gasteiger partial charge in [0.1, 0.15) is 10.6 Å². The molecule has 0 saturated carbocycles. The number of carbonyl (C=O) groups is 1. The van der Waals surface area contributed by atoms with Crippen LogP contribution in [0.25, 0.3) is 5.57 Å². The van der Waals surface area contributed by atoms with Crippen molar-refractivity contribution < 1.29 is 14.3 Å². The molecule has 4 heterocycles. The normalized spacial score (nSPS) is 22.3. The fourth-order valence-electron chi connectivity index (χ4n) is 3.71. The first-order chi connectivity index (χ1) is 13.9. The average molecular weight is 418 g/mol. The summed E-state index contributed by atoms with van der Waals surface area (Å²) in [6.07, 6.45) is 5.39. The fourth-order valence-corrected chi connectivity index (χ4v) is 4.38. The number of hydrazine groups is 1. The largest absolute Gasteiger partial charge is 0.481 e. The minimum absolute atomic E-state index is 0.134. The van der Waals surface area contributed by atoms with Crippen LogP contribution in [0, 0.1) is 5.92 Å². The van der Waals surface area contributed by atoms with E-state index in [0.29, 0.717) is 25.5 Å². The Kier molecular flexibility index (Phi) is 5.35. The van der Waals surface area contributed by atoms with Crippen molar-refractivity contribution in [2.45, 2.75) is 39.2 Å². The van der Waals surface area contributed by atoms with E-state index in [-0.39, 0.29) is 12.0 Å². The molecule has 1 N–H and O–H groups in total. The summed E-state index contributed by atoms with van der Waals surface area (Å²) in [4.78, 5) is 23.7. The quantitative estimate of drug-likeness (QED) is 0.814. The minimum atomic E-state index is -0.501. The van der Waals surface area contributed by atoms with Gasteiger partial charge in [-0.15, -0.1) is 11.3 Å². The summed E-state index contributed by atoms with van der Waals surface area (Å²) in [6.45, 7) is 7.61. The molecule has 3 aliphatic heterocycles. The first-order valence-corrected chi connectivity index (χ1v) is 10.7. The van der Waals surface area contributed by atoms with Gasteiger partial charge in [0.15, 0.2) is 5.82 Å². The van der Waals surface area contributed by atoms with E-state index in [4.69, 9.17) is 14.5 Å². The summed E-state index contributed by atoms with van der Waals surface area (Å²) < 4.78 is 11.2. The molecule has 0 aromatic carbocycles. The van der Waals surface area contributed by atoms with Gasteiger partial charge in [-0.2, -0.15) is 0 Å². The summed E-state index contributed by atoms with van der Waals surface area (Å²) in [5.74, 6) is 1.66. The van der Waals surface area contributed by atoms with E-state index in [9.17, 15) is 4.79 Å². The Morgan fingerprint density at radius 1 is 1.38 bits per heavy atom. The Morgan fingerprint density at radius 2 is 2.21 bits per heavy atom. The Hall–Kier alpha value is -2.39. The maximum atomic E-state index is 12.5. The lowest BCUT2D eigenvalue weighted by Gasteiger charge is -2.35. The molecule has 1 aromatic rings. The van der Waals surface area contributed by atoms with Gasteiger partial charge in [-0.25, -0.2) is 25.2 Å². The van der Waals surface area contributed by atoms with Gasteiger partial charge in [-0.3, -0.25) is 0 Å². The smallest absolute Gasteiger partial charge is 0.410 e. The van der Waals surface area contributed by atoms with Crippen LogP contribution in [0.2, 0.25) is 0 Å². The van der Waals surface area contributed by atoms with Crippen molar-refractivity contribution in [1.82, 2.24) is 20.3 Å². The van der Waals surface area contributed by atoms with Gasteiger partial charge in [0.05, 0.1) is 12.8 Å². The Morgan fingerprint density at radius 3 is 2.90 bits per heavy atom. The lowest BCUT2D eigenvalue weighted by atomic mass is 9.92. The first kappa shape index (κ1) is 19.9. The molecule has 1 unspecified atom stereocenters. The van der Waals surface area contributed by atoms with Crippen LogP contribution in [0.3, 0.4) is 0 Å². The van der Waals surface area contributed by atoms with E-state index in [1.54, 1.807) is 29.5 Å². The Balaban J connectivity index is 1.60. The highest BCUT2D eigenvalue weighted by molar-refractivity contribution is 7.10. The van der Waals surface area contributed by atoms with E-state index in [2.05, 4.69) is 10.4 Å². The zero-order chi connectivity index (χ0) is 20.6. The van der Waals surface area contributed by atoms with Crippen LogP contribution in [-0.2, 0) is 9.47 Å². The highest BCUT2D eigenvalue weighted by Gasteiger charge is 2.35. The molecular formula is C20H27N5O3S. The summed E-state index contributed by atoms with van der Waals surface area (Å²) in [5.41, 5.74) is 4.80. The number of aromatic nitrogens is 1. The highest BCUT2D eigenvalue weighted by Crippen LogP contribution is 2.34. The summed E-state index contributed by atoms with van der Waals surface area (Å²) in [7, 11) is 1.66. The van der Waals surface area contributed by atoms with Crippen LogP contribution in [0.5, 0.6) is 0 Å². The molecule has 3 aliphatic rings. The molecule has 1 amide bonds. The van der Waals surface area contributed by atoms with Gasteiger partial charge < -0.3 is 14.4 Å². The van der Waals surface area contributed by atoms with Gasteiger partial charge in [0, 0.05) is 48.8 Å². The van der Waals surface area contributed by atoms with Crippen LogP contribution in [0.15, 0.2) is 34.3 Å². The van der Waals surface area contributed by atoms with Crippen molar-refractivity contribution in [2.75, 3.05) is 26.7 Å². The molecule has 8 nitrogen and oxygen atoms in total. The van der Waals surface area contributed by atoms with Crippen LogP contribution < -0.4 is 5.43 Å². The van der Waals surface area contributed by atoms with Crippen LogP contribution >= 0.6 is 11.3 Å². The SMILES string of the molecule is COC1=CC(C2CCCN(C(=O)OC(C)(C)C)C2)=NC2=C(c3nccs3)CNN12. The molecule has 0 bridgehead atoms. The number of likely N-dealkylation sites (tertiary alicyclic amines) is 1. The zero-order valence-corrected chi connectivity index (χ0v) is 18.1. The Bertz CT molecular complexity index is 869. The van der Waals surface area contributed by atoms with E-state index < -0.39 is 5.60 Å². The number of fused-ring (bicyclic) bond motifs is 1. The molecular weight excluding hydrogens is 390 g/mol. The second-order valence-electron chi connectivity index (χ2n) is 8.30. The van der Waals surface area contributed by atoms with Crippen molar-refractivity contribution in [1.29, 1.82) is 0 Å². The molecule has 1 saturated heterocycles. The third-order valence-corrected chi connectivity index (χ3v) is 5.85. The number of thiazole rings is 1. The van der Waals surface area contributed by atoms with Crippen molar-refractivity contribution in [2.24, 2.45) is 10.9 Å². The molecule has 9 heteroatoms. The fraction of sp³-hybridized carbons (Fsp3) is 0.550. The molecule has 0 aliphatic carbocycles. The second kappa shape index (κ2) is 7.79. The number of piperidine rings is 1. The van der Waals surface area contributed by atoms with Crippen molar-refractivity contribution in [3.63, 3.8) is 0 Å². The predicted molar refractivity (Wildman–Crippen MR) is 112 cm³/mol. The number of nitrogens with zero attached hydrogens (tertiary/aromatic N) is 4. The number of hydrogen-bond donors (Lipinski definition) is 1. The average Bonchev–Trinajstić information content (AvgIpc) is 3.35. The molecule has 156 valence electrons. The van der Waals surface area contributed by atoms with E-state index >= 15 is 0 Å². The van der Waals surface area contributed by atoms with Gasteiger partial charge >= 0.3 is 6.09 Å². The third kappa shape index (κ3) is 4.16. The highest BCUT2D eigenvalue weighted by atomic mass is 32.1. The summed E-state index contributed by atoms with van der Waals surface area (Å²) >= 11 is 1.60. The maximum Gasteiger partial charge on any atom is 0.410 e. The van der Waals surface area contributed by atoms with Crippen molar-refractivity contribution >= 4 is 28.7 Å². The lowest BCUT2D eigenvalue weighted by Crippen LogP contribution is -2.45. The minimum Gasteiger partial charge on any atom is -0.481 e. The number of amides is 1. The molecule has 1 atom stereocenters. The molecule has 1 aromatic heterocycles. The molecule has 0 spiro atoms. The van der Waals surface area contributed by atoms with E-state index in [1.165, 1.54) is 0 Å². The zero-order valence-electron chi connectivity index (χ0n) is 17.3. The van der Waals surface area contributed by atoms with Gasteiger partial charge in [-0.05, 0) is 33.6 Å². The van der Waals surface area contributed by atoms with Gasteiger partial charge in [0.2, 0.25) is 5.88 Å². The first-order valence-electron chi connectivity index (χ1n) is 9.84. The summed E-state index contributed by atoms with van der Waals surface area (Å²) in [5, 5.41) is 4.79. The topological polar surface area (TPSA) is 79.3 Å². The van der Waals surface area contributed by atoms with Gasteiger partial charge in [0.25, 0.3) is 0 Å². The Labute approximate surface area is 174 Å². The lowest BCUT2D eigenvalue weighted by molar-refractivity contribution is 0.0194. The molecule has 1 fully saturated rings. The van der Waals surface area contributed by atoms with Gasteiger partial charge in [-0.1, -0.05) is 0 Å². The molecule has 4 rings (SSSR count). The van der Waals surface area contributed by atoms with Crippen molar-refractivity contribution in [3.05, 3.63) is 34.4 Å². The number of hydrogen-bond acceptors (Lipinski definition) is 8. The van der Waals surface area contributed by atoms with E-state index in [0.717, 1.165) is 35.0 Å². The number of nitrogens with one attached hydrogen (secondary N) is 1. The van der Waals surface area contributed by atoms with Crippen LogP contribution in [0.1, 0.15) is 38.6 Å².